The number of piperidine rings is 1. The van der Waals surface area contributed by atoms with Crippen LogP contribution in [0.5, 0.6) is 0 Å². The summed E-state index contributed by atoms with van der Waals surface area (Å²) in [5, 5.41) is 3.12. The summed E-state index contributed by atoms with van der Waals surface area (Å²) in [6.07, 6.45) is 4.32. The molecule has 1 atom stereocenters. The Morgan fingerprint density at radius 2 is 2.00 bits per heavy atom. The third kappa shape index (κ3) is 5.57. The lowest BCUT2D eigenvalue weighted by Gasteiger charge is -2.35. The predicted octanol–water partition coefficient (Wildman–Crippen LogP) is 1.33. The average Bonchev–Trinajstić information content (AvgIpc) is 2.47. The Hall–Kier alpha value is -0.650. The molecule has 0 spiro atoms. The van der Waals surface area contributed by atoms with Crippen molar-refractivity contribution in [3.63, 3.8) is 0 Å². The second-order valence-corrected chi connectivity index (χ2v) is 6.44. The van der Waals surface area contributed by atoms with Gasteiger partial charge in [-0.2, -0.15) is 0 Å². The summed E-state index contributed by atoms with van der Waals surface area (Å²) < 4.78 is 5.16. The lowest BCUT2D eigenvalue weighted by Crippen LogP contribution is -2.49. The molecule has 124 valence electrons. The molecule has 1 unspecified atom stereocenters. The van der Waals surface area contributed by atoms with Gasteiger partial charge in [0.2, 0.25) is 0 Å². The Kier molecular flexibility index (Phi) is 7.63. The van der Waals surface area contributed by atoms with Gasteiger partial charge in [-0.05, 0) is 80.3 Å². The highest BCUT2D eigenvalue weighted by Crippen LogP contribution is 2.18. The summed E-state index contributed by atoms with van der Waals surface area (Å²) in [5.41, 5.74) is -0.558. The van der Waals surface area contributed by atoms with Gasteiger partial charge in [0.25, 0.3) is 0 Å². The number of likely N-dealkylation sites (N-methyl/N-ethyl adjacent to an activating group) is 1. The highest BCUT2D eigenvalue weighted by molar-refractivity contribution is 5.80. The third-order valence-electron chi connectivity index (χ3n) is 4.72. The van der Waals surface area contributed by atoms with Gasteiger partial charge in [-0.25, -0.2) is 0 Å². The quantitative estimate of drug-likeness (QED) is 0.685. The molecule has 5 heteroatoms. The molecule has 5 nitrogen and oxygen atoms in total. The van der Waals surface area contributed by atoms with Crippen LogP contribution in [0, 0.1) is 0 Å². The fraction of sp³-hybridized carbons (Fsp3) is 0.938. The molecule has 0 bridgehead atoms. The lowest BCUT2D eigenvalue weighted by atomic mass is 9.95. The molecular formula is C16H33N3O2. The van der Waals surface area contributed by atoms with E-state index in [4.69, 9.17) is 4.74 Å². The van der Waals surface area contributed by atoms with Gasteiger partial charge in [-0.15, -0.1) is 0 Å². The number of likely N-dealkylation sites (tertiary alicyclic amines) is 1. The van der Waals surface area contributed by atoms with Crippen molar-refractivity contribution in [1.82, 2.24) is 15.1 Å². The van der Waals surface area contributed by atoms with Gasteiger partial charge < -0.3 is 19.9 Å². The smallest absolute Gasteiger partial charge is 0.326 e. The first-order chi connectivity index (χ1) is 9.92. The highest BCUT2D eigenvalue weighted by atomic mass is 16.5. The van der Waals surface area contributed by atoms with Crippen molar-refractivity contribution in [1.29, 1.82) is 0 Å². The van der Waals surface area contributed by atoms with Gasteiger partial charge >= 0.3 is 5.97 Å². The van der Waals surface area contributed by atoms with Crippen LogP contribution in [0.1, 0.15) is 39.5 Å². The van der Waals surface area contributed by atoms with E-state index in [1.54, 1.807) is 0 Å². The summed E-state index contributed by atoms with van der Waals surface area (Å²) in [6, 6.07) is 0.725. The number of hydrogen-bond donors (Lipinski definition) is 1. The van der Waals surface area contributed by atoms with Crippen LogP contribution >= 0.6 is 0 Å². The minimum Gasteiger partial charge on any atom is -0.465 e. The molecule has 1 heterocycles. The maximum Gasteiger partial charge on any atom is 0.326 e. The van der Waals surface area contributed by atoms with Gasteiger partial charge in [0.1, 0.15) is 5.54 Å². The maximum atomic E-state index is 12.0. The van der Waals surface area contributed by atoms with E-state index in [-0.39, 0.29) is 5.97 Å². The zero-order valence-electron chi connectivity index (χ0n) is 14.4. The predicted molar refractivity (Wildman–Crippen MR) is 86.5 cm³/mol. The molecule has 1 fully saturated rings. The normalized spacial score (nSPS) is 20.5. The zero-order valence-corrected chi connectivity index (χ0v) is 14.4. The van der Waals surface area contributed by atoms with Gasteiger partial charge in [-0.3, -0.25) is 4.79 Å². The SMILES string of the molecule is CCOC(=O)C(C)(CCCN1CCC(N(C)C)CC1)NC. The number of hydrogen-bond acceptors (Lipinski definition) is 5. The van der Waals surface area contributed by atoms with Crippen LogP contribution in [0.25, 0.3) is 0 Å². The number of carbonyl (C=O) groups excluding carboxylic acids is 1. The molecule has 21 heavy (non-hydrogen) atoms. The highest BCUT2D eigenvalue weighted by Gasteiger charge is 2.32. The summed E-state index contributed by atoms with van der Waals surface area (Å²) >= 11 is 0. The van der Waals surface area contributed by atoms with Gasteiger partial charge in [0.15, 0.2) is 0 Å². The van der Waals surface area contributed by atoms with Crippen LogP contribution in [0.2, 0.25) is 0 Å². The molecule has 1 aliphatic rings. The molecular weight excluding hydrogens is 266 g/mol. The standard InChI is InChI=1S/C16H33N3O2/c1-6-21-15(20)16(2,17-3)10-7-11-19-12-8-14(9-13-19)18(4)5/h14,17H,6-13H2,1-5H3. The van der Waals surface area contributed by atoms with Gasteiger partial charge in [0.05, 0.1) is 6.61 Å². The van der Waals surface area contributed by atoms with Gasteiger partial charge in [-0.1, -0.05) is 0 Å². The molecule has 1 rings (SSSR count). The first kappa shape index (κ1) is 18.4. The molecule has 0 aromatic heterocycles. The number of ether oxygens (including phenoxy) is 1. The van der Waals surface area contributed by atoms with E-state index < -0.39 is 5.54 Å². The number of esters is 1. The van der Waals surface area contributed by atoms with Crippen molar-refractivity contribution in [3.8, 4) is 0 Å². The van der Waals surface area contributed by atoms with Crippen LogP contribution < -0.4 is 5.32 Å². The van der Waals surface area contributed by atoms with Crippen LogP contribution in [0.15, 0.2) is 0 Å². The lowest BCUT2D eigenvalue weighted by molar-refractivity contribution is -0.150. The summed E-state index contributed by atoms with van der Waals surface area (Å²) in [6.45, 7) is 7.62. The van der Waals surface area contributed by atoms with Crippen molar-refractivity contribution in [2.45, 2.75) is 51.1 Å². The van der Waals surface area contributed by atoms with E-state index in [9.17, 15) is 4.79 Å². The third-order valence-corrected chi connectivity index (χ3v) is 4.72. The van der Waals surface area contributed by atoms with Crippen LogP contribution in [0.3, 0.4) is 0 Å². The van der Waals surface area contributed by atoms with Crippen LogP contribution in [-0.4, -0.2) is 74.7 Å². The molecule has 0 saturated carbocycles. The van der Waals surface area contributed by atoms with Crippen molar-refractivity contribution < 1.29 is 9.53 Å². The molecule has 0 aromatic rings. The van der Waals surface area contributed by atoms with Crippen molar-refractivity contribution in [2.75, 3.05) is 47.4 Å². The van der Waals surface area contributed by atoms with Crippen molar-refractivity contribution in [2.24, 2.45) is 0 Å². The fourth-order valence-corrected chi connectivity index (χ4v) is 2.94. The monoisotopic (exact) mass is 299 g/mol. The Morgan fingerprint density at radius 1 is 1.38 bits per heavy atom. The molecule has 0 aromatic carbocycles. The molecule has 1 aliphatic heterocycles. The van der Waals surface area contributed by atoms with E-state index in [0.29, 0.717) is 6.61 Å². The maximum absolute atomic E-state index is 12.0. The number of nitrogens with one attached hydrogen (secondary N) is 1. The first-order valence-corrected chi connectivity index (χ1v) is 8.18. The number of nitrogens with zero attached hydrogens (tertiary/aromatic N) is 2. The van der Waals surface area contributed by atoms with Crippen molar-refractivity contribution in [3.05, 3.63) is 0 Å². The average molecular weight is 299 g/mol. The zero-order chi connectivity index (χ0) is 15.9. The van der Waals surface area contributed by atoms with E-state index in [2.05, 4.69) is 29.2 Å². The Bertz CT molecular complexity index is 315. The van der Waals surface area contributed by atoms with Crippen LogP contribution in [0.4, 0.5) is 0 Å². The minimum atomic E-state index is -0.558. The van der Waals surface area contributed by atoms with Crippen LogP contribution in [-0.2, 0) is 9.53 Å². The molecule has 0 radical (unpaired) electrons. The second-order valence-electron chi connectivity index (χ2n) is 6.44. The Morgan fingerprint density at radius 3 is 2.48 bits per heavy atom. The summed E-state index contributed by atoms with van der Waals surface area (Å²) in [5.74, 6) is -0.140. The molecule has 0 amide bonds. The van der Waals surface area contributed by atoms with E-state index in [1.165, 1.54) is 25.9 Å². The van der Waals surface area contributed by atoms with E-state index >= 15 is 0 Å². The minimum absolute atomic E-state index is 0.140. The Labute approximate surface area is 130 Å². The fourth-order valence-electron chi connectivity index (χ4n) is 2.94. The summed E-state index contributed by atoms with van der Waals surface area (Å²) in [4.78, 5) is 16.8. The summed E-state index contributed by atoms with van der Waals surface area (Å²) in [7, 11) is 6.16. The van der Waals surface area contributed by atoms with Crippen molar-refractivity contribution >= 4 is 5.97 Å². The molecule has 1 N–H and O–H groups in total. The van der Waals surface area contributed by atoms with Gasteiger partial charge in [0, 0.05) is 6.04 Å². The second kappa shape index (κ2) is 8.71. The molecule has 1 saturated heterocycles. The van der Waals surface area contributed by atoms with E-state index in [0.717, 1.165) is 25.4 Å². The molecule has 0 aliphatic carbocycles. The first-order valence-electron chi connectivity index (χ1n) is 8.18. The van der Waals surface area contributed by atoms with E-state index in [1.807, 2.05) is 20.9 Å². The largest absolute Gasteiger partial charge is 0.465 e. The number of rotatable bonds is 8. The Balaban J connectivity index is 2.31. The topological polar surface area (TPSA) is 44.8 Å². The number of carbonyl (C=O) groups is 1.